The van der Waals surface area contributed by atoms with Gasteiger partial charge in [-0.1, -0.05) is 12.1 Å². The molecule has 0 bridgehead atoms. The fourth-order valence-corrected chi connectivity index (χ4v) is 2.94. The zero-order valence-corrected chi connectivity index (χ0v) is 12.5. The SMILES string of the molecule is Cc1cn2c([C@@H]3C[C@H]3F)ncc2c(=O)n1Cc1cccc(F)c1. The Balaban J connectivity index is 1.80. The molecule has 2 heterocycles. The van der Waals surface area contributed by atoms with E-state index in [1.807, 2.05) is 6.92 Å². The molecule has 0 aliphatic heterocycles. The van der Waals surface area contributed by atoms with Gasteiger partial charge in [0.25, 0.3) is 5.56 Å². The largest absolute Gasteiger partial charge is 0.305 e. The van der Waals surface area contributed by atoms with Gasteiger partial charge in [0.05, 0.1) is 18.7 Å². The lowest BCUT2D eigenvalue weighted by atomic mass is 10.2. The van der Waals surface area contributed by atoms with Crippen molar-refractivity contribution in [2.24, 2.45) is 0 Å². The van der Waals surface area contributed by atoms with Gasteiger partial charge in [0, 0.05) is 11.9 Å². The first-order valence-electron chi connectivity index (χ1n) is 7.50. The third kappa shape index (κ3) is 2.34. The molecule has 1 aromatic carbocycles. The number of rotatable bonds is 3. The predicted octanol–water partition coefficient (Wildman–Crippen LogP) is 2.82. The number of aromatic nitrogens is 3. The number of alkyl halides is 1. The predicted molar refractivity (Wildman–Crippen MR) is 81.9 cm³/mol. The van der Waals surface area contributed by atoms with Crippen LogP contribution in [0, 0.1) is 12.7 Å². The van der Waals surface area contributed by atoms with Gasteiger partial charge in [-0.25, -0.2) is 13.8 Å². The van der Waals surface area contributed by atoms with Crippen molar-refractivity contribution in [1.82, 2.24) is 14.0 Å². The van der Waals surface area contributed by atoms with Gasteiger partial charge < -0.3 is 4.57 Å². The van der Waals surface area contributed by atoms with E-state index in [2.05, 4.69) is 4.98 Å². The minimum Gasteiger partial charge on any atom is -0.305 e. The van der Waals surface area contributed by atoms with Crippen molar-refractivity contribution in [2.75, 3.05) is 0 Å². The highest BCUT2D eigenvalue weighted by molar-refractivity contribution is 5.46. The monoisotopic (exact) mass is 315 g/mol. The topological polar surface area (TPSA) is 39.3 Å². The molecule has 6 heteroatoms. The van der Waals surface area contributed by atoms with E-state index in [-0.39, 0.29) is 23.8 Å². The lowest BCUT2D eigenvalue weighted by molar-refractivity contribution is 0.464. The average molecular weight is 315 g/mol. The lowest BCUT2D eigenvalue weighted by Crippen LogP contribution is -2.25. The molecule has 1 fully saturated rings. The van der Waals surface area contributed by atoms with Crippen LogP contribution in [0.15, 0.2) is 41.5 Å². The second kappa shape index (κ2) is 5.01. The third-order valence-electron chi connectivity index (χ3n) is 4.31. The minimum atomic E-state index is -0.865. The molecule has 0 saturated heterocycles. The fraction of sp³-hybridized carbons (Fsp3) is 0.294. The normalized spacial score (nSPS) is 20.1. The fourth-order valence-electron chi connectivity index (χ4n) is 2.94. The molecule has 2 atom stereocenters. The van der Waals surface area contributed by atoms with Gasteiger partial charge in [0.1, 0.15) is 23.3 Å². The first-order valence-corrected chi connectivity index (χ1v) is 7.50. The molecule has 0 radical (unpaired) electrons. The lowest BCUT2D eigenvalue weighted by Gasteiger charge is -2.12. The molecular weight excluding hydrogens is 300 g/mol. The highest BCUT2D eigenvalue weighted by Crippen LogP contribution is 2.42. The first kappa shape index (κ1) is 14.1. The van der Waals surface area contributed by atoms with Crippen molar-refractivity contribution < 1.29 is 8.78 Å². The van der Waals surface area contributed by atoms with Crippen molar-refractivity contribution in [1.29, 1.82) is 0 Å². The quantitative estimate of drug-likeness (QED) is 0.745. The van der Waals surface area contributed by atoms with E-state index in [0.29, 0.717) is 23.3 Å². The van der Waals surface area contributed by atoms with Crippen LogP contribution >= 0.6 is 0 Å². The highest BCUT2D eigenvalue weighted by Gasteiger charge is 2.42. The maximum Gasteiger partial charge on any atom is 0.276 e. The molecule has 2 aromatic heterocycles. The van der Waals surface area contributed by atoms with E-state index in [1.54, 1.807) is 27.3 Å². The Morgan fingerprint density at radius 2 is 2.17 bits per heavy atom. The van der Waals surface area contributed by atoms with Crippen LogP contribution in [0.5, 0.6) is 0 Å². The molecule has 1 saturated carbocycles. The summed E-state index contributed by atoms with van der Waals surface area (Å²) in [5, 5.41) is 0. The summed E-state index contributed by atoms with van der Waals surface area (Å²) in [5.74, 6) is 0.0598. The van der Waals surface area contributed by atoms with Gasteiger partial charge in [0.2, 0.25) is 0 Å². The summed E-state index contributed by atoms with van der Waals surface area (Å²) in [6, 6.07) is 6.18. The number of halogens is 2. The molecule has 0 spiro atoms. The van der Waals surface area contributed by atoms with Crippen molar-refractivity contribution in [3.8, 4) is 0 Å². The van der Waals surface area contributed by atoms with Gasteiger partial charge >= 0.3 is 0 Å². The number of hydrogen-bond acceptors (Lipinski definition) is 2. The van der Waals surface area contributed by atoms with Gasteiger partial charge in [-0.15, -0.1) is 0 Å². The zero-order valence-electron chi connectivity index (χ0n) is 12.5. The number of benzene rings is 1. The van der Waals surface area contributed by atoms with Gasteiger partial charge in [-0.2, -0.15) is 0 Å². The van der Waals surface area contributed by atoms with Gasteiger partial charge in [-0.05, 0) is 31.0 Å². The third-order valence-corrected chi connectivity index (χ3v) is 4.31. The Kier molecular flexibility index (Phi) is 3.07. The summed E-state index contributed by atoms with van der Waals surface area (Å²) in [5.41, 5.74) is 1.65. The number of aryl methyl sites for hydroxylation is 1. The van der Waals surface area contributed by atoms with Crippen LogP contribution in [0.2, 0.25) is 0 Å². The second-order valence-electron chi connectivity index (χ2n) is 6.02. The molecule has 0 amide bonds. The number of fused-ring (bicyclic) bond motifs is 1. The summed E-state index contributed by atoms with van der Waals surface area (Å²) in [7, 11) is 0. The Labute approximate surface area is 131 Å². The van der Waals surface area contributed by atoms with Crippen LogP contribution in [-0.2, 0) is 6.54 Å². The minimum absolute atomic E-state index is 0.205. The van der Waals surface area contributed by atoms with Crippen LogP contribution in [0.25, 0.3) is 5.52 Å². The standard InChI is InChI=1S/C17H15F2N3O/c1-10-8-22-15(7-20-16(22)13-6-14(13)19)17(23)21(10)9-11-3-2-4-12(18)5-11/h2-5,7-8,13-14H,6,9H2,1H3/t13-,14-/m1/s1. The van der Waals surface area contributed by atoms with E-state index in [9.17, 15) is 13.6 Å². The molecule has 1 aliphatic rings. The number of nitrogens with zero attached hydrogens (tertiary/aromatic N) is 3. The second-order valence-corrected chi connectivity index (χ2v) is 6.02. The maximum atomic E-state index is 13.3. The van der Waals surface area contributed by atoms with E-state index >= 15 is 0 Å². The first-order chi connectivity index (χ1) is 11.0. The Morgan fingerprint density at radius 1 is 1.39 bits per heavy atom. The summed E-state index contributed by atoms with van der Waals surface area (Å²) in [6.07, 6.45) is 2.88. The molecule has 4 nitrogen and oxygen atoms in total. The molecule has 1 aliphatic carbocycles. The van der Waals surface area contributed by atoms with Crippen LogP contribution in [-0.4, -0.2) is 20.1 Å². The molecule has 0 N–H and O–H groups in total. The van der Waals surface area contributed by atoms with Crippen molar-refractivity contribution >= 4 is 5.52 Å². The summed E-state index contributed by atoms with van der Waals surface area (Å²) in [6.45, 7) is 2.10. The van der Waals surface area contributed by atoms with Crippen molar-refractivity contribution in [3.63, 3.8) is 0 Å². The van der Waals surface area contributed by atoms with Crippen LogP contribution in [0.1, 0.15) is 29.4 Å². The van der Waals surface area contributed by atoms with Crippen LogP contribution < -0.4 is 5.56 Å². The smallest absolute Gasteiger partial charge is 0.276 e. The van der Waals surface area contributed by atoms with E-state index in [0.717, 1.165) is 5.69 Å². The molecule has 23 heavy (non-hydrogen) atoms. The number of hydrogen-bond donors (Lipinski definition) is 0. The Bertz CT molecular complexity index is 960. The van der Waals surface area contributed by atoms with Crippen molar-refractivity contribution in [3.05, 3.63) is 69.9 Å². The van der Waals surface area contributed by atoms with Crippen LogP contribution in [0.4, 0.5) is 8.78 Å². The van der Waals surface area contributed by atoms with Crippen molar-refractivity contribution in [2.45, 2.75) is 32.0 Å². The molecule has 4 rings (SSSR count). The summed E-state index contributed by atoms with van der Waals surface area (Å²) >= 11 is 0. The van der Waals surface area contributed by atoms with E-state index < -0.39 is 6.17 Å². The van der Waals surface area contributed by atoms with Gasteiger partial charge in [-0.3, -0.25) is 9.20 Å². The summed E-state index contributed by atoms with van der Waals surface area (Å²) < 4.78 is 29.9. The van der Waals surface area contributed by atoms with E-state index in [1.165, 1.54) is 18.3 Å². The molecule has 3 aromatic rings. The number of imidazole rings is 1. The molecule has 0 unspecified atom stereocenters. The molecule has 118 valence electrons. The Hall–Kier alpha value is -2.50. The average Bonchev–Trinajstić information content (AvgIpc) is 3.07. The molecular formula is C17H15F2N3O. The summed E-state index contributed by atoms with van der Waals surface area (Å²) in [4.78, 5) is 16.9. The van der Waals surface area contributed by atoms with E-state index in [4.69, 9.17) is 0 Å². The van der Waals surface area contributed by atoms with Gasteiger partial charge in [0.15, 0.2) is 0 Å². The van der Waals surface area contributed by atoms with Crippen LogP contribution in [0.3, 0.4) is 0 Å². The maximum absolute atomic E-state index is 13.3. The zero-order chi connectivity index (χ0) is 16.1. The Morgan fingerprint density at radius 3 is 2.87 bits per heavy atom. The highest BCUT2D eigenvalue weighted by atomic mass is 19.1.